The lowest BCUT2D eigenvalue weighted by molar-refractivity contribution is 0.593. The molecule has 2 aromatic carbocycles. The Kier molecular flexibility index (Phi) is 4.95. The van der Waals surface area contributed by atoms with Crippen LogP contribution in [0, 0.1) is 6.92 Å². The molecular weight excluding hydrogens is 316 g/mol. The molecule has 0 fully saturated rings. The minimum Gasteiger partial charge on any atom is -0.332 e. The molecule has 114 valence electrons. The second-order valence-electron chi connectivity index (χ2n) is 4.70. The van der Waals surface area contributed by atoms with Gasteiger partial charge in [-0.15, -0.1) is 0 Å². The molecule has 0 aliphatic carbocycles. The number of benzene rings is 2. The molecule has 0 bridgehead atoms. The van der Waals surface area contributed by atoms with E-state index in [1.54, 1.807) is 42.5 Å². The summed E-state index contributed by atoms with van der Waals surface area (Å²) in [5.41, 5.74) is 2.65. The van der Waals surface area contributed by atoms with Crippen LogP contribution in [0.5, 0.6) is 0 Å². The van der Waals surface area contributed by atoms with Crippen LogP contribution in [-0.2, 0) is 10.0 Å². The van der Waals surface area contributed by atoms with Crippen molar-refractivity contribution in [3.63, 3.8) is 0 Å². The highest BCUT2D eigenvalue weighted by molar-refractivity contribution is 7.92. The van der Waals surface area contributed by atoms with Crippen molar-refractivity contribution in [1.82, 2.24) is 4.72 Å². The Balaban J connectivity index is 2.07. The molecule has 0 atom stereocenters. The normalized spacial score (nSPS) is 10.8. The highest BCUT2D eigenvalue weighted by atomic mass is 32.2. The topological polar surface area (TPSA) is 58.2 Å². The van der Waals surface area contributed by atoms with E-state index in [0.717, 1.165) is 11.1 Å². The Bertz CT molecular complexity index is 780. The standard InChI is InChI=1S/C16H16N2O2S2/c1-3-13-6-8-14(9-7-13)17-16(21)18-22(19,20)15-10-4-12(2)5-11-15/h3-11H,1H2,2H3,(H2,17,18,21). The maximum Gasteiger partial charge on any atom is 0.263 e. The number of thiocarbonyl (C=S) groups is 1. The SMILES string of the molecule is C=Cc1ccc(NC(=S)NS(=O)(=O)c2ccc(C)cc2)cc1. The minimum atomic E-state index is -3.68. The van der Waals surface area contributed by atoms with Crippen LogP contribution in [0.1, 0.15) is 11.1 Å². The number of anilines is 1. The molecule has 0 aliphatic heterocycles. The third-order valence-electron chi connectivity index (χ3n) is 2.96. The number of rotatable bonds is 4. The van der Waals surface area contributed by atoms with Crippen molar-refractivity contribution in [2.45, 2.75) is 11.8 Å². The first kappa shape index (κ1) is 16.2. The summed E-state index contributed by atoms with van der Waals surface area (Å²) in [4.78, 5) is 0.171. The summed E-state index contributed by atoms with van der Waals surface area (Å²) in [7, 11) is -3.68. The van der Waals surface area contributed by atoms with Crippen LogP contribution >= 0.6 is 12.2 Å². The van der Waals surface area contributed by atoms with Crippen molar-refractivity contribution in [3.05, 3.63) is 66.2 Å². The van der Waals surface area contributed by atoms with Crippen molar-refractivity contribution < 1.29 is 8.42 Å². The molecule has 2 aromatic rings. The van der Waals surface area contributed by atoms with Gasteiger partial charge in [0.15, 0.2) is 5.11 Å². The zero-order chi connectivity index (χ0) is 16.2. The number of hydrogen-bond acceptors (Lipinski definition) is 3. The van der Waals surface area contributed by atoms with E-state index in [1.807, 2.05) is 19.1 Å². The predicted octanol–water partition coefficient (Wildman–Crippen LogP) is 3.31. The lowest BCUT2D eigenvalue weighted by Gasteiger charge is -2.11. The third-order valence-corrected chi connectivity index (χ3v) is 4.66. The molecule has 2 rings (SSSR count). The average molecular weight is 332 g/mol. The summed E-state index contributed by atoms with van der Waals surface area (Å²) >= 11 is 5.05. The molecule has 0 radical (unpaired) electrons. The van der Waals surface area contributed by atoms with Gasteiger partial charge in [-0.1, -0.05) is 42.5 Å². The van der Waals surface area contributed by atoms with Crippen LogP contribution in [0.3, 0.4) is 0 Å². The molecule has 6 heteroatoms. The van der Waals surface area contributed by atoms with E-state index in [9.17, 15) is 8.42 Å². The first-order chi connectivity index (χ1) is 10.4. The number of hydrogen-bond donors (Lipinski definition) is 2. The van der Waals surface area contributed by atoms with Gasteiger partial charge in [-0.3, -0.25) is 4.72 Å². The van der Waals surface area contributed by atoms with E-state index >= 15 is 0 Å². The molecule has 2 N–H and O–H groups in total. The molecule has 0 unspecified atom stereocenters. The monoisotopic (exact) mass is 332 g/mol. The van der Waals surface area contributed by atoms with Crippen LogP contribution in [0.25, 0.3) is 6.08 Å². The third kappa shape index (κ3) is 4.16. The molecule has 22 heavy (non-hydrogen) atoms. The minimum absolute atomic E-state index is 0.0203. The van der Waals surface area contributed by atoms with E-state index < -0.39 is 10.0 Å². The first-order valence-electron chi connectivity index (χ1n) is 6.54. The van der Waals surface area contributed by atoms with Gasteiger partial charge < -0.3 is 5.32 Å². The number of nitrogens with one attached hydrogen (secondary N) is 2. The fraction of sp³-hybridized carbons (Fsp3) is 0.0625. The lowest BCUT2D eigenvalue weighted by atomic mass is 10.2. The Labute approximate surface area is 135 Å². The highest BCUT2D eigenvalue weighted by Gasteiger charge is 2.15. The van der Waals surface area contributed by atoms with Gasteiger partial charge >= 0.3 is 0 Å². The maximum absolute atomic E-state index is 12.2. The van der Waals surface area contributed by atoms with Crippen LogP contribution in [0.2, 0.25) is 0 Å². The second-order valence-corrected chi connectivity index (χ2v) is 6.79. The molecule has 4 nitrogen and oxygen atoms in total. The molecule has 0 saturated carbocycles. The van der Waals surface area contributed by atoms with Crippen molar-refractivity contribution in [1.29, 1.82) is 0 Å². The quantitative estimate of drug-likeness (QED) is 0.844. The Morgan fingerprint density at radius 2 is 1.68 bits per heavy atom. The summed E-state index contributed by atoms with van der Waals surface area (Å²) in [5.74, 6) is 0. The lowest BCUT2D eigenvalue weighted by Crippen LogP contribution is -2.34. The smallest absolute Gasteiger partial charge is 0.263 e. The summed E-state index contributed by atoms with van der Waals surface area (Å²) < 4.78 is 26.7. The van der Waals surface area contributed by atoms with Crippen molar-refractivity contribution >= 4 is 39.1 Å². The Hall–Kier alpha value is -2.18. The molecule has 0 aromatic heterocycles. The van der Waals surface area contributed by atoms with Gasteiger partial charge in [-0.2, -0.15) is 0 Å². The van der Waals surface area contributed by atoms with Crippen molar-refractivity contribution in [3.8, 4) is 0 Å². The second kappa shape index (κ2) is 6.72. The molecule has 0 amide bonds. The van der Waals surface area contributed by atoms with Crippen LogP contribution in [-0.4, -0.2) is 13.5 Å². The molecule has 0 spiro atoms. The van der Waals surface area contributed by atoms with Crippen molar-refractivity contribution in [2.75, 3.05) is 5.32 Å². The largest absolute Gasteiger partial charge is 0.332 e. The van der Waals surface area contributed by atoms with Crippen LogP contribution in [0.15, 0.2) is 60.0 Å². The highest BCUT2D eigenvalue weighted by Crippen LogP contribution is 2.12. The van der Waals surface area contributed by atoms with Crippen molar-refractivity contribution in [2.24, 2.45) is 0 Å². The fourth-order valence-electron chi connectivity index (χ4n) is 1.76. The maximum atomic E-state index is 12.2. The van der Waals surface area contributed by atoms with Gasteiger partial charge in [0, 0.05) is 5.69 Å². The number of sulfonamides is 1. The van der Waals surface area contributed by atoms with E-state index in [-0.39, 0.29) is 10.0 Å². The Morgan fingerprint density at radius 3 is 2.23 bits per heavy atom. The van der Waals surface area contributed by atoms with Gasteiger partial charge in [0.05, 0.1) is 4.90 Å². The van der Waals surface area contributed by atoms with Crippen LogP contribution < -0.4 is 10.0 Å². The Morgan fingerprint density at radius 1 is 1.09 bits per heavy atom. The summed E-state index contributed by atoms with van der Waals surface area (Å²) in [6.45, 7) is 5.56. The molecule has 0 heterocycles. The van der Waals surface area contributed by atoms with E-state index in [2.05, 4.69) is 16.6 Å². The van der Waals surface area contributed by atoms with E-state index in [1.165, 1.54) is 0 Å². The van der Waals surface area contributed by atoms with Crippen LogP contribution in [0.4, 0.5) is 5.69 Å². The van der Waals surface area contributed by atoms with Gasteiger partial charge in [0.1, 0.15) is 0 Å². The molecule has 0 saturated heterocycles. The van der Waals surface area contributed by atoms with Gasteiger partial charge in [0.25, 0.3) is 10.0 Å². The van der Waals surface area contributed by atoms with E-state index in [0.29, 0.717) is 5.69 Å². The zero-order valence-corrected chi connectivity index (χ0v) is 13.7. The summed E-state index contributed by atoms with van der Waals surface area (Å²) in [6, 6.07) is 13.8. The van der Waals surface area contributed by atoms with E-state index in [4.69, 9.17) is 12.2 Å². The average Bonchev–Trinajstić information content (AvgIpc) is 2.48. The molecular formula is C16H16N2O2S2. The zero-order valence-electron chi connectivity index (χ0n) is 12.0. The summed E-state index contributed by atoms with van der Waals surface area (Å²) in [5, 5.41) is 2.86. The summed E-state index contributed by atoms with van der Waals surface area (Å²) in [6.07, 6.45) is 1.72. The fourth-order valence-corrected chi connectivity index (χ4v) is 3.11. The molecule has 0 aliphatic rings. The van der Waals surface area contributed by atoms with Gasteiger partial charge in [0.2, 0.25) is 0 Å². The van der Waals surface area contributed by atoms with Gasteiger partial charge in [-0.05, 0) is 49.0 Å². The first-order valence-corrected chi connectivity index (χ1v) is 8.43. The number of aryl methyl sites for hydroxylation is 1. The predicted molar refractivity (Wildman–Crippen MR) is 94.3 cm³/mol. The van der Waals surface area contributed by atoms with Gasteiger partial charge in [-0.25, -0.2) is 8.42 Å².